The number of halogens is 1. The predicted molar refractivity (Wildman–Crippen MR) is 97.9 cm³/mol. The molecular formula is C17H20BrN3O5. The van der Waals surface area contributed by atoms with Gasteiger partial charge in [0.2, 0.25) is 0 Å². The van der Waals surface area contributed by atoms with Gasteiger partial charge in [-0.15, -0.1) is 0 Å². The number of carbonyl (C=O) groups excluding carboxylic acids is 2. The highest BCUT2D eigenvalue weighted by Gasteiger charge is 2.42. The molecule has 1 aliphatic rings. The fourth-order valence-electron chi connectivity index (χ4n) is 2.44. The summed E-state index contributed by atoms with van der Waals surface area (Å²) < 4.78 is 5.84. The van der Waals surface area contributed by atoms with E-state index >= 15 is 0 Å². The zero-order chi connectivity index (χ0) is 19.8. The van der Waals surface area contributed by atoms with Crippen molar-refractivity contribution in [1.29, 1.82) is 0 Å². The molecule has 1 aromatic rings. The summed E-state index contributed by atoms with van der Waals surface area (Å²) in [5, 5.41) is 9.56. The predicted octanol–water partition coefficient (Wildman–Crippen LogP) is 3.07. The van der Waals surface area contributed by atoms with Crippen molar-refractivity contribution in [2.75, 3.05) is 7.05 Å². The number of carboxylic acids is 1. The molecule has 1 N–H and O–H groups in total. The van der Waals surface area contributed by atoms with E-state index in [0.29, 0.717) is 4.47 Å². The van der Waals surface area contributed by atoms with Gasteiger partial charge in [-0.05, 0) is 49.7 Å². The lowest BCUT2D eigenvalue weighted by molar-refractivity contribution is -0.138. The van der Waals surface area contributed by atoms with Crippen molar-refractivity contribution in [2.24, 2.45) is 10.9 Å². The van der Waals surface area contributed by atoms with Crippen molar-refractivity contribution < 1.29 is 24.2 Å². The normalized spacial score (nSPS) is 17.8. The van der Waals surface area contributed by atoms with E-state index in [0.717, 1.165) is 0 Å². The van der Waals surface area contributed by atoms with Crippen molar-refractivity contribution in [3.05, 3.63) is 22.3 Å². The lowest BCUT2D eigenvalue weighted by Crippen LogP contribution is -2.49. The molecule has 2 unspecified atom stereocenters. The molecule has 8 nitrogen and oxygen atoms in total. The minimum absolute atomic E-state index is 0.0400. The first kappa shape index (κ1) is 20.0. The third kappa shape index (κ3) is 4.09. The average Bonchev–Trinajstić information content (AvgIpc) is 2.51. The Morgan fingerprint density at radius 3 is 2.54 bits per heavy atom. The van der Waals surface area contributed by atoms with Gasteiger partial charge in [-0.2, -0.15) is 0 Å². The summed E-state index contributed by atoms with van der Waals surface area (Å²) in [5.41, 5.74) is -0.539. The van der Waals surface area contributed by atoms with E-state index < -0.39 is 35.4 Å². The van der Waals surface area contributed by atoms with E-state index in [2.05, 4.69) is 25.9 Å². The number of Topliss-reactive ketones (excluding diaryl/α,β-unsaturated/α-hetero) is 1. The van der Waals surface area contributed by atoms with Crippen LogP contribution in [0.4, 0.5) is 10.6 Å². The van der Waals surface area contributed by atoms with Gasteiger partial charge in [-0.3, -0.25) is 9.59 Å². The second kappa shape index (κ2) is 7.14. The molecule has 9 heteroatoms. The largest absolute Gasteiger partial charge is 0.480 e. The monoisotopic (exact) mass is 425 g/mol. The molecule has 0 aliphatic carbocycles. The second-order valence-electron chi connectivity index (χ2n) is 6.96. The van der Waals surface area contributed by atoms with Crippen molar-refractivity contribution >= 4 is 45.3 Å². The number of amides is 1. The van der Waals surface area contributed by atoms with Crippen LogP contribution in [-0.4, -0.2) is 57.2 Å². The lowest BCUT2D eigenvalue weighted by Gasteiger charge is -2.32. The number of aromatic nitrogens is 1. The molecular weight excluding hydrogens is 406 g/mol. The van der Waals surface area contributed by atoms with Crippen LogP contribution in [0.1, 0.15) is 38.1 Å². The van der Waals surface area contributed by atoms with Gasteiger partial charge < -0.3 is 14.7 Å². The summed E-state index contributed by atoms with van der Waals surface area (Å²) in [6.07, 6.45) is 0.829. The third-order valence-electron chi connectivity index (χ3n) is 3.83. The van der Waals surface area contributed by atoms with E-state index in [1.165, 1.54) is 24.2 Å². The molecule has 0 saturated carbocycles. The summed E-state index contributed by atoms with van der Waals surface area (Å²) >= 11 is 3.21. The Morgan fingerprint density at radius 1 is 1.38 bits per heavy atom. The minimum atomic E-state index is -1.49. The van der Waals surface area contributed by atoms with Crippen LogP contribution in [0.5, 0.6) is 0 Å². The van der Waals surface area contributed by atoms with Gasteiger partial charge in [-0.1, -0.05) is 0 Å². The first-order chi connectivity index (χ1) is 11.9. The van der Waals surface area contributed by atoms with E-state index in [-0.39, 0.29) is 17.1 Å². The Balaban J connectivity index is 2.44. The van der Waals surface area contributed by atoms with Crippen LogP contribution in [0.3, 0.4) is 0 Å². The Hall–Kier alpha value is -2.29. The first-order valence-corrected chi connectivity index (χ1v) is 8.68. The number of ketones is 1. The van der Waals surface area contributed by atoms with Crippen LogP contribution in [0.2, 0.25) is 0 Å². The Labute approximate surface area is 159 Å². The fourth-order valence-corrected chi connectivity index (χ4v) is 2.77. The SMILES string of the molecule is CC(C1=Nc2ncc(Br)cc2C(=O)C1C(=O)O)N(C)C(=O)OC(C)(C)C. The maximum atomic E-state index is 12.7. The quantitative estimate of drug-likeness (QED) is 0.745. The molecule has 1 amide bonds. The summed E-state index contributed by atoms with van der Waals surface area (Å²) in [4.78, 5) is 46.3. The molecule has 2 rings (SSSR count). The van der Waals surface area contributed by atoms with Gasteiger partial charge in [-0.25, -0.2) is 14.8 Å². The summed E-state index contributed by atoms with van der Waals surface area (Å²) in [6.45, 7) is 6.77. The molecule has 2 atom stereocenters. The number of pyridine rings is 1. The molecule has 1 aliphatic heterocycles. The molecule has 1 aromatic heterocycles. The molecule has 0 fully saturated rings. The number of aliphatic carboxylic acids is 1. The van der Waals surface area contributed by atoms with Crippen LogP contribution in [0.15, 0.2) is 21.7 Å². The van der Waals surface area contributed by atoms with Gasteiger partial charge in [0, 0.05) is 17.7 Å². The molecule has 2 heterocycles. The number of aliphatic imine (C=N–C) groups is 1. The molecule has 26 heavy (non-hydrogen) atoms. The number of rotatable bonds is 3. The first-order valence-electron chi connectivity index (χ1n) is 7.89. The van der Waals surface area contributed by atoms with Crippen LogP contribution >= 0.6 is 15.9 Å². The van der Waals surface area contributed by atoms with Gasteiger partial charge >= 0.3 is 12.1 Å². The van der Waals surface area contributed by atoms with Crippen molar-refractivity contribution in [3.63, 3.8) is 0 Å². The molecule has 0 spiro atoms. The van der Waals surface area contributed by atoms with E-state index in [1.54, 1.807) is 27.7 Å². The Kier molecular flexibility index (Phi) is 5.50. The van der Waals surface area contributed by atoms with Gasteiger partial charge in [0.1, 0.15) is 5.60 Å². The maximum Gasteiger partial charge on any atom is 0.410 e. The molecule has 0 radical (unpaired) electrons. The number of ether oxygens (including phenoxy) is 1. The van der Waals surface area contributed by atoms with Gasteiger partial charge in [0.15, 0.2) is 17.5 Å². The second-order valence-corrected chi connectivity index (χ2v) is 7.88. The number of fused-ring (bicyclic) bond motifs is 1. The number of hydrogen-bond donors (Lipinski definition) is 1. The van der Waals surface area contributed by atoms with Crippen LogP contribution in [-0.2, 0) is 9.53 Å². The number of nitrogens with zero attached hydrogens (tertiary/aromatic N) is 3. The number of hydrogen-bond acceptors (Lipinski definition) is 6. The highest BCUT2D eigenvalue weighted by molar-refractivity contribution is 9.10. The lowest BCUT2D eigenvalue weighted by atomic mass is 9.87. The fraction of sp³-hybridized carbons (Fsp3) is 0.471. The Bertz CT molecular complexity index is 800. The van der Waals surface area contributed by atoms with Crippen LogP contribution in [0, 0.1) is 5.92 Å². The van der Waals surface area contributed by atoms with Crippen molar-refractivity contribution in [2.45, 2.75) is 39.3 Å². The third-order valence-corrected chi connectivity index (χ3v) is 4.26. The number of carboxylic acid groups (broad SMARTS) is 1. The van der Waals surface area contributed by atoms with E-state index in [4.69, 9.17) is 4.74 Å². The van der Waals surface area contributed by atoms with Crippen LogP contribution in [0.25, 0.3) is 0 Å². The topological polar surface area (TPSA) is 109 Å². The van der Waals surface area contributed by atoms with E-state index in [1.807, 2.05) is 0 Å². The summed E-state index contributed by atoms with van der Waals surface area (Å²) in [5.74, 6) is -3.30. The highest BCUT2D eigenvalue weighted by Crippen LogP contribution is 2.31. The standard InChI is InChI=1S/C17H20BrN3O5/c1-8(21(5)16(25)26-17(2,3)4)12-11(15(23)24)13(22)10-6-9(18)7-19-14(10)20-12/h6-8,11H,1-5H3,(H,23,24). The summed E-state index contributed by atoms with van der Waals surface area (Å²) in [6, 6.07) is 0.719. The van der Waals surface area contributed by atoms with Crippen LogP contribution < -0.4 is 0 Å². The van der Waals surface area contributed by atoms with Gasteiger partial charge in [0.25, 0.3) is 0 Å². The zero-order valence-corrected chi connectivity index (χ0v) is 16.7. The maximum absolute atomic E-state index is 12.7. The van der Waals surface area contributed by atoms with Crippen molar-refractivity contribution in [1.82, 2.24) is 9.88 Å². The van der Waals surface area contributed by atoms with Gasteiger partial charge in [0.05, 0.1) is 17.3 Å². The molecule has 0 bridgehead atoms. The minimum Gasteiger partial charge on any atom is -0.480 e. The molecule has 140 valence electrons. The highest BCUT2D eigenvalue weighted by atomic mass is 79.9. The molecule has 0 aromatic carbocycles. The van der Waals surface area contributed by atoms with E-state index in [9.17, 15) is 19.5 Å². The molecule has 0 saturated heterocycles. The number of carbonyl (C=O) groups is 3. The zero-order valence-electron chi connectivity index (χ0n) is 15.1. The Morgan fingerprint density at radius 2 is 2.00 bits per heavy atom. The average molecular weight is 426 g/mol. The van der Waals surface area contributed by atoms with Crippen molar-refractivity contribution in [3.8, 4) is 0 Å². The smallest absolute Gasteiger partial charge is 0.410 e. The summed E-state index contributed by atoms with van der Waals surface area (Å²) in [7, 11) is 1.47.